The molecule has 0 aliphatic carbocycles. The van der Waals surface area contributed by atoms with Gasteiger partial charge in [0.2, 0.25) is 0 Å². The van der Waals surface area contributed by atoms with Crippen LogP contribution in [0.2, 0.25) is 0 Å². The van der Waals surface area contributed by atoms with Gasteiger partial charge in [-0.1, -0.05) is 6.07 Å². The molecule has 0 unspecified atom stereocenters. The van der Waals surface area contributed by atoms with Gasteiger partial charge in [0.25, 0.3) is 5.91 Å². The molecule has 1 aromatic carbocycles. The van der Waals surface area contributed by atoms with Crippen LogP contribution in [0.25, 0.3) is 0 Å². The minimum absolute atomic E-state index is 0.384. The Hall–Kier alpha value is -2.26. The highest BCUT2D eigenvalue weighted by atomic mass is 79.9. The van der Waals surface area contributed by atoms with Gasteiger partial charge in [0, 0.05) is 36.4 Å². The van der Waals surface area contributed by atoms with Gasteiger partial charge >= 0.3 is 6.18 Å². The van der Waals surface area contributed by atoms with Crippen molar-refractivity contribution in [1.29, 1.82) is 0 Å². The van der Waals surface area contributed by atoms with Crippen LogP contribution in [0.4, 0.5) is 13.2 Å². The number of fused-ring (bicyclic) bond motifs is 1. The van der Waals surface area contributed by atoms with Crippen LogP contribution in [-0.4, -0.2) is 59.9 Å². The number of aliphatic imine (C=N–C) groups is 1. The molecule has 0 fully saturated rings. The van der Waals surface area contributed by atoms with E-state index in [9.17, 15) is 18.0 Å². The van der Waals surface area contributed by atoms with Gasteiger partial charge in [-0.2, -0.15) is 18.2 Å². The number of rotatable bonds is 4. The summed E-state index contributed by atoms with van der Waals surface area (Å²) in [4.78, 5) is 23.7. The first-order chi connectivity index (χ1) is 14.0. The second kappa shape index (κ2) is 8.85. The number of nitrogens with zero attached hydrogens (tertiary/aromatic N) is 4. The van der Waals surface area contributed by atoms with Crippen molar-refractivity contribution in [1.82, 2.24) is 14.8 Å². The molecule has 0 saturated heterocycles. The lowest BCUT2D eigenvalue weighted by molar-refractivity contribution is -0.155. The molecule has 0 N–H and O–H groups in total. The van der Waals surface area contributed by atoms with Crippen molar-refractivity contribution in [2.75, 3.05) is 20.6 Å². The Bertz CT molecular complexity index is 944. The molecular weight excluding hydrogens is 461 g/mol. The molecule has 1 aliphatic heterocycles. The number of hydrogen-bond acceptors (Lipinski definition) is 3. The second-order valence-electron chi connectivity index (χ2n) is 7.57. The van der Waals surface area contributed by atoms with E-state index >= 15 is 0 Å². The summed E-state index contributed by atoms with van der Waals surface area (Å²) in [5.74, 6) is -0.393. The predicted molar refractivity (Wildman–Crippen MR) is 113 cm³/mol. The number of carbonyl (C=O) groups is 1. The molecule has 5 nitrogen and oxygen atoms in total. The first kappa shape index (κ1) is 22.4. The summed E-state index contributed by atoms with van der Waals surface area (Å²) < 4.78 is 40.7. The van der Waals surface area contributed by atoms with Gasteiger partial charge in [-0.05, 0) is 64.7 Å². The quantitative estimate of drug-likeness (QED) is 0.476. The minimum atomic E-state index is -4.34. The number of alkyl halides is 3. The normalized spacial score (nSPS) is 19.7. The third kappa shape index (κ3) is 5.26. The highest BCUT2D eigenvalue weighted by molar-refractivity contribution is 9.10. The standard InChI is InChI=1S/C21H22BrF3N4O/c1-13-8-15-9-14(20(30)27-12-28(2)3)4-6-17(15)19(29(13)11-21(23,24)25)18-7-5-16(22)10-26-18/h4-7,9-10,12-13,19H,8,11H2,1-3H3/t13-,19+/m1/s1. The smallest absolute Gasteiger partial charge is 0.369 e. The first-order valence-electron chi connectivity index (χ1n) is 9.37. The monoisotopic (exact) mass is 482 g/mol. The molecule has 1 aromatic heterocycles. The number of pyridine rings is 1. The molecule has 2 heterocycles. The molecule has 3 rings (SSSR count). The number of halogens is 4. The van der Waals surface area contributed by atoms with E-state index < -0.39 is 24.7 Å². The zero-order valence-electron chi connectivity index (χ0n) is 16.8. The maximum absolute atomic E-state index is 13.3. The van der Waals surface area contributed by atoms with Gasteiger partial charge in [-0.3, -0.25) is 14.7 Å². The molecule has 0 bridgehead atoms. The molecule has 0 saturated carbocycles. The summed E-state index contributed by atoms with van der Waals surface area (Å²) in [7, 11) is 3.52. The van der Waals surface area contributed by atoms with Crippen molar-refractivity contribution in [3.05, 3.63) is 63.4 Å². The highest BCUT2D eigenvalue weighted by Crippen LogP contribution is 2.39. The van der Waals surface area contributed by atoms with Crippen LogP contribution in [0.3, 0.4) is 0 Å². The van der Waals surface area contributed by atoms with Crippen LogP contribution >= 0.6 is 15.9 Å². The van der Waals surface area contributed by atoms with E-state index in [4.69, 9.17) is 0 Å². The predicted octanol–water partition coefficient (Wildman–Crippen LogP) is 4.47. The molecule has 9 heteroatoms. The van der Waals surface area contributed by atoms with Crippen molar-refractivity contribution in [3.8, 4) is 0 Å². The van der Waals surface area contributed by atoms with E-state index in [0.717, 1.165) is 15.6 Å². The molecule has 1 aliphatic rings. The van der Waals surface area contributed by atoms with Crippen molar-refractivity contribution in [3.63, 3.8) is 0 Å². The second-order valence-corrected chi connectivity index (χ2v) is 8.49. The van der Waals surface area contributed by atoms with Crippen molar-refractivity contribution in [2.45, 2.75) is 31.6 Å². The number of aromatic nitrogens is 1. The van der Waals surface area contributed by atoms with E-state index in [0.29, 0.717) is 17.7 Å². The fourth-order valence-electron chi connectivity index (χ4n) is 3.63. The molecule has 0 spiro atoms. The van der Waals surface area contributed by atoms with Gasteiger partial charge in [-0.25, -0.2) is 0 Å². The first-order valence-corrected chi connectivity index (χ1v) is 10.2. The summed E-state index contributed by atoms with van der Waals surface area (Å²) in [6, 6.07) is 7.51. The Morgan fingerprint density at radius 2 is 2.07 bits per heavy atom. The van der Waals surface area contributed by atoms with Gasteiger partial charge < -0.3 is 4.90 Å². The molecule has 0 radical (unpaired) electrons. The van der Waals surface area contributed by atoms with Crippen LogP contribution in [-0.2, 0) is 6.42 Å². The summed E-state index contributed by atoms with van der Waals surface area (Å²) in [6.07, 6.45) is -0.939. The average molecular weight is 483 g/mol. The highest BCUT2D eigenvalue weighted by Gasteiger charge is 2.41. The zero-order chi connectivity index (χ0) is 22.1. The molecular formula is C21H22BrF3N4O. The van der Waals surface area contributed by atoms with Crippen molar-refractivity contribution < 1.29 is 18.0 Å². The Kier molecular flexibility index (Phi) is 6.62. The average Bonchev–Trinajstić information content (AvgIpc) is 2.66. The van der Waals surface area contributed by atoms with Crippen molar-refractivity contribution >= 4 is 28.2 Å². The van der Waals surface area contributed by atoms with Gasteiger partial charge in [0.1, 0.15) is 0 Å². The van der Waals surface area contributed by atoms with Gasteiger partial charge in [0.15, 0.2) is 0 Å². The van der Waals surface area contributed by atoms with E-state index in [1.165, 1.54) is 11.2 Å². The molecule has 160 valence electrons. The van der Waals surface area contributed by atoms with Crippen molar-refractivity contribution in [2.24, 2.45) is 4.99 Å². The third-order valence-electron chi connectivity index (χ3n) is 4.90. The lowest BCUT2D eigenvalue weighted by atomic mass is 9.85. The Labute approximate surface area is 181 Å². The fourth-order valence-corrected chi connectivity index (χ4v) is 3.86. The summed E-state index contributed by atoms with van der Waals surface area (Å²) >= 11 is 3.32. The van der Waals surface area contributed by atoms with Gasteiger partial charge in [-0.15, -0.1) is 0 Å². The number of hydrogen-bond donors (Lipinski definition) is 0. The van der Waals surface area contributed by atoms with E-state index in [1.54, 1.807) is 62.4 Å². The Morgan fingerprint density at radius 1 is 1.33 bits per heavy atom. The maximum atomic E-state index is 13.3. The lowest BCUT2D eigenvalue weighted by Crippen LogP contribution is -2.47. The zero-order valence-corrected chi connectivity index (χ0v) is 18.4. The molecule has 1 amide bonds. The largest absolute Gasteiger partial charge is 0.401 e. The summed E-state index contributed by atoms with van der Waals surface area (Å²) in [5.41, 5.74) is 2.49. The number of benzene rings is 1. The van der Waals surface area contributed by atoms with E-state index in [1.807, 2.05) is 0 Å². The number of carbonyl (C=O) groups excluding carboxylic acids is 1. The van der Waals surface area contributed by atoms with E-state index in [-0.39, 0.29) is 6.04 Å². The Balaban J connectivity index is 2.05. The fraction of sp³-hybridized carbons (Fsp3) is 0.381. The van der Waals surface area contributed by atoms with Crippen LogP contribution < -0.4 is 0 Å². The summed E-state index contributed by atoms with van der Waals surface area (Å²) in [6.45, 7) is 0.725. The SMILES string of the molecule is C[C@@H]1Cc2cc(C(=O)N=CN(C)C)ccc2[C@@H](c2ccc(Br)cn2)N1CC(F)(F)F. The van der Waals surface area contributed by atoms with Crippen LogP contribution in [0.1, 0.15) is 40.1 Å². The topological polar surface area (TPSA) is 48.8 Å². The van der Waals surface area contributed by atoms with Crippen LogP contribution in [0.15, 0.2) is 46.0 Å². The van der Waals surface area contributed by atoms with E-state index in [2.05, 4.69) is 25.9 Å². The molecule has 2 aromatic rings. The Morgan fingerprint density at radius 3 is 2.67 bits per heavy atom. The third-order valence-corrected chi connectivity index (χ3v) is 5.36. The van der Waals surface area contributed by atoms with Crippen LogP contribution in [0.5, 0.6) is 0 Å². The minimum Gasteiger partial charge on any atom is -0.369 e. The van der Waals surface area contributed by atoms with Gasteiger partial charge in [0.05, 0.1) is 24.6 Å². The lowest BCUT2D eigenvalue weighted by Gasteiger charge is -2.42. The molecule has 30 heavy (non-hydrogen) atoms. The summed E-state index contributed by atoms with van der Waals surface area (Å²) in [5, 5.41) is 0. The molecule has 2 atom stereocenters. The van der Waals surface area contributed by atoms with Crippen LogP contribution in [0, 0.1) is 0 Å². The maximum Gasteiger partial charge on any atom is 0.401 e. The number of amides is 1.